The van der Waals surface area contributed by atoms with Crippen LogP contribution in [0.3, 0.4) is 0 Å². The molecule has 1 aliphatic heterocycles. The molecular weight excluding hydrogens is 260 g/mol. The smallest absolute Gasteiger partial charge is 0.246 e. The number of nitrogens with zero attached hydrogens (tertiary/aromatic N) is 1. The van der Waals surface area contributed by atoms with E-state index in [0.717, 1.165) is 4.47 Å². The number of nitrogens with one attached hydrogen (secondary N) is 1. The van der Waals surface area contributed by atoms with Crippen LogP contribution in [0.4, 0.5) is 5.69 Å². The van der Waals surface area contributed by atoms with Crippen molar-refractivity contribution in [3.05, 3.63) is 28.7 Å². The second-order valence-corrected chi connectivity index (χ2v) is 4.16. The topological polar surface area (TPSA) is 49.4 Å². The average molecular weight is 269 g/mol. The largest absolute Gasteiger partial charge is 0.273 e. The Bertz CT molecular complexity index is 402. The maximum absolute atomic E-state index is 11.5. The first-order valence-corrected chi connectivity index (χ1v) is 5.34. The molecule has 0 aliphatic carbocycles. The van der Waals surface area contributed by atoms with Crippen molar-refractivity contribution < 1.29 is 9.59 Å². The van der Waals surface area contributed by atoms with Crippen molar-refractivity contribution in [2.24, 2.45) is 0 Å². The Labute approximate surface area is 95.4 Å². The van der Waals surface area contributed by atoms with Crippen LogP contribution >= 0.6 is 15.9 Å². The molecule has 2 amide bonds. The van der Waals surface area contributed by atoms with Gasteiger partial charge >= 0.3 is 0 Å². The number of amides is 2. The van der Waals surface area contributed by atoms with Gasteiger partial charge in [-0.25, -0.2) is 5.01 Å². The Morgan fingerprint density at radius 2 is 1.80 bits per heavy atom. The number of hydrazine groups is 1. The molecule has 0 saturated carbocycles. The molecule has 1 heterocycles. The van der Waals surface area contributed by atoms with Crippen LogP contribution in [0.25, 0.3) is 0 Å². The van der Waals surface area contributed by atoms with Crippen LogP contribution in [-0.2, 0) is 9.59 Å². The van der Waals surface area contributed by atoms with Gasteiger partial charge < -0.3 is 0 Å². The summed E-state index contributed by atoms with van der Waals surface area (Å²) in [4.78, 5) is 22.7. The summed E-state index contributed by atoms with van der Waals surface area (Å²) in [6, 6.07) is 7.19. The molecule has 1 fully saturated rings. The Morgan fingerprint density at radius 1 is 1.13 bits per heavy atom. The van der Waals surface area contributed by atoms with Gasteiger partial charge in [-0.1, -0.05) is 15.9 Å². The highest BCUT2D eigenvalue weighted by molar-refractivity contribution is 9.10. The first-order chi connectivity index (χ1) is 7.16. The number of carbonyl (C=O) groups excluding carboxylic acids is 2. The van der Waals surface area contributed by atoms with Crippen molar-refractivity contribution in [3.8, 4) is 0 Å². The third-order valence-corrected chi connectivity index (χ3v) is 2.67. The van der Waals surface area contributed by atoms with Gasteiger partial charge in [0, 0.05) is 17.3 Å². The van der Waals surface area contributed by atoms with Crippen LogP contribution in [0.5, 0.6) is 0 Å². The van der Waals surface area contributed by atoms with Gasteiger partial charge in [0.15, 0.2) is 0 Å². The first kappa shape index (κ1) is 10.2. The van der Waals surface area contributed by atoms with Crippen molar-refractivity contribution >= 4 is 33.4 Å². The molecule has 1 saturated heterocycles. The third-order valence-electron chi connectivity index (χ3n) is 2.14. The number of rotatable bonds is 1. The van der Waals surface area contributed by atoms with E-state index in [1.54, 1.807) is 12.1 Å². The van der Waals surface area contributed by atoms with Crippen molar-refractivity contribution in [2.45, 2.75) is 12.8 Å². The Hall–Kier alpha value is -1.36. The van der Waals surface area contributed by atoms with E-state index in [0.29, 0.717) is 5.69 Å². The average Bonchev–Trinajstić information content (AvgIpc) is 2.23. The zero-order chi connectivity index (χ0) is 10.8. The van der Waals surface area contributed by atoms with Gasteiger partial charge in [0.2, 0.25) is 11.8 Å². The minimum absolute atomic E-state index is 0.0862. The fourth-order valence-electron chi connectivity index (χ4n) is 1.37. The maximum Gasteiger partial charge on any atom is 0.246 e. The van der Waals surface area contributed by atoms with Crippen molar-refractivity contribution in [3.63, 3.8) is 0 Å². The zero-order valence-corrected chi connectivity index (χ0v) is 9.45. The van der Waals surface area contributed by atoms with Gasteiger partial charge in [-0.2, -0.15) is 0 Å². The summed E-state index contributed by atoms with van der Waals surface area (Å²) in [6.07, 6.45) is 0.535. The molecule has 1 aromatic rings. The van der Waals surface area contributed by atoms with Crippen LogP contribution in [0, 0.1) is 0 Å². The van der Waals surface area contributed by atoms with E-state index < -0.39 is 0 Å². The number of carbonyl (C=O) groups is 2. The normalized spacial score (nSPS) is 16.5. The van der Waals surface area contributed by atoms with Gasteiger partial charge in [0.05, 0.1) is 5.69 Å². The van der Waals surface area contributed by atoms with Crippen LogP contribution in [0.1, 0.15) is 12.8 Å². The highest BCUT2D eigenvalue weighted by Crippen LogP contribution is 2.19. The molecule has 0 bridgehead atoms. The molecule has 2 rings (SSSR count). The SMILES string of the molecule is O=C1CCC(=O)N(c2ccc(Br)cc2)N1. The minimum Gasteiger partial charge on any atom is -0.273 e. The second-order valence-electron chi connectivity index (χ2n) is 3.24. The summed E-state index contributed by atoms with van der Waals surface area (Å²) < 4.78 is 0.932. The third kappa shape index (κ3) is 2.18. The summed E-state index contributed by atoms with van der Waals surface area (Å²) >= 11 is 3.31. The van der Waals surface area contributed by atoms with E-state index in [2.05, 4.69) is 21.4 Å². The minimum atomic E-state index is -0.127. The summed E-state index contributed by atoms with van der Waals surface area (Å²) in [5.74, 6) is -0.213. The molecule has 1 N–H and O–H groups in total. The summed E-state index contributed by atoms with van der Waals surface area (Å²) in [5.41, 5.74) is 3.21. The fourth-order valence-corrected chi connectivity index (χ4v) is 1.64. The zero-order valence-electron chi connectivity index (χ0n) is 7.87. The van der Waals surface area contributed by atoms with E-state index in [1.807, 2.05) is 12.1 Å². The quantitative estimate of drug-likeness (QED) is 0.842. The van der Waals surface area contributed by atoms with Gasteiger partial charge in [-0.15, -0.1) is 0 Å². The molecule has 0 spiro atoms. The van der Waals surface area contributed by atoms with Crippen LogP contribution in [0.2, 0.25) is 0 Å². The monoisotopic (exact) mass is 268 g/mol. The number of hydrogen-bond donors (Lipinski definition) is 1. The van der Waals surface area contributed by atoms with Gasteiger partial charge in [-0.05, 0) is 24.3 Å². The van der Waals surface area contributed by atoms with E-state index in [4.69, 9.17) is 0 Å². The first-order valence-electron chi connectivity index (χ1n) is 4.55. The lowest BCUT2D eigenvalue weighted by atomic mass is 10.2. The Balaban J connectivity index is 2.25. The fraction of sp³-hybridized carbons (Fsp3) is 0.200. The van der Waals surface area contributed by atoms with E-state index >= 15 is 0 Å². The summed E-state index contributed by atoms with van der Waals surface area (Å²) in [7, 11) is 0. The van der Waals surface area contributed by atoms with E-state index in [1.165, 1.54) is 5.01 Å². The molecule has 0 radical (unpaired) electrons. The van der Waals surface area contributed by atoms with Crippen LogP contribution in [-0.4, -0.2) is 11.8 Å². The van der Waals surface area contributed by atoms with Crippen molar-refractivity contribution in [1.29, 1.82) is 0 Å². The van der Waals surface area contributed by atoms with E-state index in [9.17, 15) is 9.59 Å². The molecule has 78 valence electrons. The lowest BCUT2D eigenvalue weighted by Gasteiger charge is -2.27. The molecule has 0 unspecified atom stereocenters. The predicted octanol–water partition coefficient (Wildman–Crippen LogP) is 1.61. The highest BCUT2D eigenvalue weighted by Gasteiger charge is 2.23. The Morgan fingerprint density at radius 3 is 2.47 bits per heavy atom. The lowest BCUT2D eigenvalue weighted by Crippen LogP contribution is -2.50. The molecule has 4 nitrogen and oxygen atoms in total. The summed E-state index contributed by atoms with van der Waals surface area (Å²) in [6.45, 7) is 0. The highest BCUT2D eigenvalue weighted by atomic mass is 79.9. The molecule has 5 heteroatoms. The number of anilines is 1. The molecule has 15 heavy (non-hydrogen) atoms. The maximum atomic E-state index is 11.5. The van der Waals surface area contributed by atoms with Crippen LogP contribution in [0.15, 0.2) is 28.7 Å². The Kier molecular flexibility index (Phi) is 2.73. The van der Waals surface area contributed by atoms with E-state index in [-0.39, 0.29) is 24.7 Å². The molecule has 1 aromatic carbocycles. The summed E-state index contributed by atoms with van der Waals surface area (Å²) in [5, 5.41) is 1.29. The molecule has 0 aromatic heterocycles. The lowest BCUT2D eigenvalue weighted by molar-refractivity contribution is -0.130. The second kappa shape index (κ2) is 4.02. The van der Waals surface area contributed by atoms with Crippen molar-refractivity contribution in [1.82, 2.24) is 5.43 Å². The van der Waals surface area contributed by atoms with Crippen LogP contribution < -0.4 is 10.4 Å². The predicted molar refractivity (Wildman–Crippen MR) is 59.0 cm³/mol. The number of benzene rings is 1. The number of hydrogen-bond acceptors (Lipinski definition) is 2. The number of halogens is 1. The molecule has 0 atom stereocenters. The van der Waals surface area contributed by atoms with Gasteiger partial charge in [-0.3, -0.25) is 15.0 Å². The molecule has 1 aliphatic rings. The van der Waals surface area contributed by atoms with Gasteiger partial charge in [0.1, 0.15) is 0 Å². The van der Waals surface area contributed by atoms with Crippen molar-refractivity contribution in [2.75, 3.05) is 5.01 Å². The standard InChI is InChI=1S/C10H9BrN2O2/c11-7-1-3-8(4-2-7)13-10(15)6-5-9(14)12-13/h1-4H,5-6H2,(H,12,14). The van der Waals surface area contributed by atoms with Gasteiger partial charge in [0.25, 0.3) is 0 Å². The molecular formula is C10H9BrN2O2.